The lowest BCUT2D eigenvalue weighted by Crippen LogP contribution is -2.19. The van der Waals surface area contributed by atoms with Crippen LogP contribution in [0, 0.1) is 15.5 Å². The maximum Gasteiger partial charge on any atom is 0.321 e. The number of hydrogen-bond acceptors (Lipinski definition) is 5. The second kappa shape index (κ2) is 6.38. The molecule has 0 bridgehead atoms. The summed E-state index contributed by atoms with van der Waals surface area (Å²) in [5.41, 5.74) is -0.460. The second-order valence-corrected chi connectivity index (χ2v) is 2.40. The van der Waals surface area contributed by atoms with Crippen molar-refractivity contribution < 1.29 is 9.66 Å². The molecular weight excluding hydrogens is 198 g/mol. The number of halogens is 1. The van der Waals surface area contributed by atoms with Crippen LogP contribution in [0.25, 0.3) is 0 Å². The van der Waals surface area contributed by atoms with Crippen molar-refractivity contribution >= 4 is 17.8 Å². The van der Waals surface area contributed by atoms with Gasteiger partial charge in [-0.15, -0.1) is 0 Å². The van der Waals surface area contributed by atoms with E-state index in [-0.39, 0.29) is 5.16 Å². The Hall–Kier alpha value is -1.14. The fourth-order valence-electron chi connectivity index (χ4n) is 0.550. The van der Waals surface area contributed by atoms with E-state index in [1.165, 1.54) is 7.11 Å². The lowest BCUT2D eigenvalue weighted by Gasteiger charge is -2.02. The molecule has 0 rings (SSSR count). The highest BCUT2D eigenvalue weighted by molar-refractivity contribution is 6.30. The fraction of sp³-hybridized carbons (Fsp3) is 0.500. The molecule has 0 unspecified atom stereocenters. The summed E-state index contributed by atoms with van der Waals surface area (Å²) < 4.78 is 4.70. The molecule has 0 atom stereocenters. The first-order valence-electron chi connectivity index (χ1n) is 3.41. The number of ether oxygens (including phenoxy) is 1. The van der Waals surface area contributed by atoms with Crippen LogP contribution < -0.4 is 5.32 Å². The minimum atomic E-state index is -0.727. The van der Waals surface area contributed by atoms with Crippen LogP contribution in [0.2, 0.25) is 0 Å². The van der Waals surface area contributed by atoms with Gasteiger partial charge in [-0.2, -0.15) is 0 Å². The molecule has 74 valence electrons. The van der Waals surface area contributed by atoms with Gasteiger partial charge in [-0.3, -0.25) is 10.1 Å². The van der Waals surface area contributed by atoms with Gasteiger partial charge in [-0.05, 0) is 0 Å². The highest BCUT2D eigenvalue weighted by Crippen LogP contribution is 2.03. The number of nitrogens with one attached hydrogen (secondary N) is 2. The van der Waals surface area contributed by atoms with E-state index in [9.17, 15) is 10.1 Å². The number of rotatable bonds is 6. The fourth-order valence-corrected chi connectivity index (χ4v) is 0.768. The Balaban J connectivity index is 4.22. The van der Waals surface area contributed by atoms with Crippen molar-refractivity contribution in [2.75, 3.05) is 20.3 Å². The van der Waals surface area contributed by atoms with Crippen LogP contribution in [-0.4, -0.2) is 31.4 Å². The standard InChI is InChI=1S/C6H10ClN3O3/c1-13-3-2-9-6(7)5(4-8)10(11)12/h4,8-9H,2-3H2,1H3/b6-5+,8-4?. The maximum absolute atomic E-state index is 10.2. The zero-order chi connectivity index (χ0) is 10.3. The smallest absolute Gasteiger partial charge is 0.321 e. The lowest BCUT2D eigenvalue weighted by molar-refractivity contribution is -0.415. The molecule has 0 aromatic rings. The van der Waals surface area contributed by atoms with Gasteiger partial charge in [0.15, 0.2) is 5.16 Å². The van der Waals surface area contributed by atoms with E-state index >= 15 is 0 Å². The van der Waals surface area contributed by atoms with Gasteiger partial charge in [0.1, 0.15) is 0 Å². The Morgan fingerprint density at radius 1 is 1.85 bits per heavy atom. The highest BCUT2D eigenvalue weighted by Gasteiger charge is 2.12. The molecular formula is C6H10ClN3O3. The minimum Gasteiger partial charge on any atom is -0.383 e. The average molecular weight is 208 g/mol. The summed E-state index contributed by atoms with van der Waals surface area (Å²) in [5, 5.41) is 19.4. The summed E-state index contributed by atoms with van der Waals surface area (Å²) >= 11 is 5.50. The predicted octanol–water partition coefficient (Wildman–Crippen LogP) is 0.557. The van der Waals surface area contributed by atoms with Gasteiger partial charge in [0.2, 0.25) is 0 Å². The first-order valence-corrected chi connectivity index (χ1v) is 3.78. The number of allylic oxidation sites excluding steroid dienone is 1. The third-order valence-corrected chi connectivity index (χ3v) is 1.47. The normalized spacial score (nSPS) is 11.8. The third-order valence-electron chi connectivity index (χ3n) is 1.14. The van der Waals surface area contributed by atoms with E-state index < -0.39 is 10.6 Å². The predicted molar refractivity (Wildman–Crippen MR) is 48.5 cm³/mol. The van der Waals surface area contributed by atoms with E-state index in [2.05, 4.69) is 5.32 Å². The highest BCUT2D eigenvalue weighted by atomic mass is 35.5. The Morgan fingerprint density at radius 2 is 2.46 bits per heavy atom. The molecule has 6 nitrogen and oxygen atoms in total. The van der Waals surface area contributed by atoms with Gasteiger partial charge in [-0.25, -0.2) is 0 Å². The average Bonchev–Trinajstić information content (AvgIpc) is 2.05. The second-order valence-electron chi connectivity index (χ2n) is 2.02. The molecule has 2 N–H and O–H groups in total. The molecule has 0 saturated carbocycles. The van der Waals surface area contributed by atoms with E-state index in [1.807, 2.05) is 0 Å². The topological polar surface area (TPSA) is 88.2 Å². The number of hydrogen-bond donors (Lipinski definition) is 2. The monoisotopic (exact) mass is 207 g/mol. The molecule has 0 aliphatic carbocycles. The first kappa shape index (κ1) is 11.9. The molecule has 7 heteroatoms. The molecule has 0 radical (unpaired) electrons. The molecule has 0 aromatic heterocycles. The number of nitro groups is 1. The zero-order valence-electron chi connectivity index (χ0n) is 7.04. The van der Waals surface area contributed by atoms with Crippen LogP contribution in [0.15, 0.2) is 10.9 Å². The number of methoxy groups -OCH3 is 1. The molecule has 0 spiro atoms. The lowest BCUT2D eigenvalue weighted by atomic mass is 10.5. The van der Waals surface area contributed by atoms with Gasteiger partial charge in [0.05, 0.1) is 17.7 Å². The Kier molecular flexibility index (Phi) is 5.82. The molecule has 13 heavy (non-hydrogen) atoms. The Morgan fingerprint density at radius 3 is 2.85 bits per heavy atom. The van der Waals surface area contributed by atoms with Gasteiger partial charge in [0.25, 0.3) is 0 Å². The largest absolute Gasteiger partial charge is 0.383 e. The van der Waals surface area contributed by atoms with Gasteiger partial charge >= 0.3 is 5.70 Å². The Bertz CT molecular complexity index is 229. The summed E-state index contributed by atoms with van der Waals surface area (Å²) in [6, 6.07) is 0. The van der Waals surface area contributed by atoms with E-state index in [1.54, 1.807) is 0 Å². The van der Waals surface area contributed by atoms with Crippen LogP contribution >= 0.6 is 11.6 Å². The van der Waals surface area contributed by atoms with Gasteiger partial charge in [0, 0.05) is 13.7 Å². The van der Waals surface area contributed by atoms with Crippen molar-refractivity contribution in [1.82, 2.24) is 5.32 Å². The number of nitrogens with zero attached hydrogens (tertiary/aromatic N) is 1. The summed E-state index contributed by atoms with van der Waals surface area (Å²) in [6.45, 7) is 0.750. The summed E-state index contributed by atoms with van der Waals surface area (Å²) in [6.07, 6.45) is 0.585. The van der Waals surface area contributed by atoms with E-state index in [4.69, 9.17) is 21.7 Å². The van der Waals surface area contributed by atoms with Crippen LogP contribution in [0.4, 0.5) is 0 Å². The van der Waals surface area contributed by atoms with Gasteiger partial charge < -0.3 is 15.5 Å². The molecule has 0 aromatic carbocycles. The SMILES string of the molecule is COCCN/C(Cl)=C(\C=N)[N+](=O)[O-]. The third kappa shape index (κ3) is 4.44. The van der Waals surface area contributed by atoms with Crippen molar-refractivity contribution in [3.8, 4) is 0 Å². The van der Waals surface area contributed by atoms with Crippen LogP contribution in [0.1, 0.15) is 0 Å². The molecule has 0 saturated heterocycles. The molecule has 0 heterocycles. The summed E-state index contributed by atoms with van der Waals surface area (Å²) in [5.74, 6) is 0. The van der Waals surface area contributed by atoms with E-state index in [0.29, 0.717) is 19.4 Å². The molecule has 0 aliphatic heterocycles. The van der Waals surface area contributed by atoms with Crippen molar-refractivity contribution in [1.29, 1.82) is 5.41 Å². The Labute approximate surface area is 80.2 Å². The molecule has 0 aliphatic rings. The maximum atomic E-state index is 10.2. The quantitative estimate of drug-likeness (QED) is 0.219. The molecule has 0 fully saturated rings. The van der Waals surface area contributed by atoms with Crippen molar-refractivity contribution in [2.24, 2.45) is 0 Å². The van der Waals surface area contributed by atoms with Crippen molar-refractivity contribution in [3.63, 3.8) is 0 Å². The summed E-state index contributed by atoms with van der Waals surface area (Å²) in [4.78, 5) is 9.52. The first-order chi connectivity index (χ1) is 6.13. The minimum absolute atomic E-state index is 0.156. The van der Waals surface area contributed by atoms with Crippen molar-refractivity contribution in [3.05, 3.63) is 21.0 Å². The van der Waals surface area contributed by atoms with Crippen LogP contribution in [0.5, 0.6) is 0 Å². The van der Waals surface area contributed by atoms with Crippen molar-refractivity contribution in [2.45, 2.75) is 0 Å². The van der Waals surface area contributed by atoms with Gasteiger partial charge in [-0.1, -0.05) is 11.6 Å². The van der Waals surface area contributed by atoms with Crippen LogP contribution in [0.3, 0.4) is 0 Å². The summed E-state index contributed by atoms with van der Waals surface area (Å²) in [7, 11) is 1.50. The van der Waals surface area contributed by atoms with Crippen LogP contribution in [-0.2, 0) is 4.74 Å². The zero-order valence-corrected chi connectivity index (χ0v) is 7.80. The van der Waals surface area contributed by atoms with E-state index in [0.717, 1.165) is 0 Å². The molecule has 0 amide bonds.